The van der Waals surface area contributed by atoms with E-state index in [0.717, 1.165) is 0 Å². The molecule has 7 heteroatoms. The Kier molecular flexibility index (Phi) is 7.36. The van der Waals surface area contributed by atoms with Crippen LogP contribution >= 0.6 is 23.2 Å². The summed E-state index contributed by atoms with van der Waals surface area (Å²) in [5.41, 5.74) is 0.300. The summed E-state index contributed by atoms with van der Waals surface area (Å²) in [5, 5.41) is 5.62. The summed E-state index contributed by atoms with van der Waals surface area (Å²) < 4.78 is 5.12. The molecule has 1 aromatic carbocycles. The SMILES string of the molecule is CCOCCCNC(=O)C(=O)Nc1cc(Cl)ccc1Cl. The minimum Gasteiger partial charge on any atom is -0.382 e. The lowest BCUT2D eigenvalue weighted by molar-refractivity contribution is -0.136. The fourth-order valence-corrected chi connectivity index (χ4v) is 1.71. The molecule has 0 saturated heterocycles. The van der Waals surface area contributed by atoms with Crippen molar-refractivity contribution in [1.29, 1.82) is 0 Å². The molecule has 2 amide bonds. The van der Waals surface area contributed by atoms with Gasteiger partial charge in [-0.05, 0) is 31.5 Å². The normalized spacial score (nSPS) is 10.2. The lowest BCUT2D eigenvalue weighted by Gasteiger charge is -2.08. The minimum atomic E-state index is -0.787. The quantitative estimate of drug-likeness (QED) is 0.625. The third kappa shape index (κ3) is 5.77. The number of halogens is 2. The molecule has 0 atom stereocenters. The Morgan fingerprint density at radius 3 is 2.70 bits per heavy atom. The summed E-state index contributed by atoms with van der Waals surface area (Å²) in [7, 11) is 0. The minimum absolute atomic E-state index is 0.300. The van der Waals surface area contributed by atoms with E-state index in [-0.39, 0.29) is 0 Å². The molecule has 0 radical (unpaired) electrons. The molecule has 0 aliphatic heterocycles. The van der Waals surface area contributed by atoms with Gasteiger partial charge in [-0.25, -0.2) is 0 Å². The third-order valence-corrected chi connectivity index (χ3v) is 2.90. The van der Waals surface area contributed by atoms with Gasteiger partial charge in [-0.1, -0.05) is 23.2 Å². The molecule has 0 unspecified atom stereocenters. The Morgan fingerprint density at radius 1 is 1.25 bits per heavy atom. The van der Waals surface area contributed by atoms with Gasteiger partial charge < -0.3 is 15.4 Å². The van der Waals surface area contributed by atoms with E-state index in [0.29, 0.717) is 41.9 Å². The van der Waals surface area contributed by atoms with E-state index in [2.05, 4.69) is 10.6 Å². The van der Waals surface area contributed by atoms with Gasteiger partial charge in [0, 0.05) is 24.8 Å². The zero-order chi connectivity index (χ0) is 15.0. The topological polar surface area (TPSA) is 67.4 Å². The number of amides is 2. The fraction of sp³-hybridized carbons (Fsp3) is 0.385. The maximum Gasteiger partial charge on any atom is 0.313 e. The molecule has 0 spiro atoms. The predicted molar refractivity (Wildman–Crippen MR) is 79.2 cm³/mol. The Bertz CT molecular complexity index is 481. The third-order valence-electron chi connectivity index (χ3n) is 2.34. The summed E-state index contributed by atoms with van der Waals surface area (Å²) in [4.78, 5) is 23.2. The first kappa shape index (κ1) is 16.8. The maximum absolute atomic E-state index is 11.6. The van der Waals surface area contributed by atoms with E-state index in [1.54, 1.807) is 12.1 Å². The lowest BCUT2D eigenvalue weighted by Crippen LogP contribution is -2.36. The van der Waals surface area contributed by atoms with Crippen LogP contribution in [0.5, 0.6) is 0 Å². The standard InChI is InChI=1S/C13H16Cl2N2O3/c1-2-20-7-3-6-16-12(18)13(19)17-11-8-9(14)4-5-10(11)15/h4-5,8H,2-3,6-7H2,1H3,(H,16,18)(H,17,19). The lowest BCUT2D eigenvalue weighted by atomic mass is 10.3. The van der Waals surface area contributed by atoms with Crippen LogP contribution in [0.4, 0.5) is 5.69 Å². The van der Waals surface area contributed by atoms with Crippen molar-refractivity contribution in [2.75, 3.05) is 25.1 Å². The Hall–Kier alpha value is -1.30. The van der Waals surface area contributed by atoms with E-state index < -0.39 is 11.8 Å². The molecule has 0 aliphatic rings. The van der Waals surface area contributed by atoms with Crippen molar-refractivity contribution in [2.45, 2.75) is 13.3 Å². The molecule has 0 bridgehead atoms. The Labute approximate surface area is 127 Å². The second-order valence-corrected chi connectivity index (χ2v) is 4.73. The van der Waals surface area contributed by atoms with Crippen LogP contribution in [0.1, 0.15) is 13.3 Å². The van der Waals surface area contributed by atoms with Gasteiger partial charge in [0.25, 0.3) is 0 Å². The van der Waals surface area contributed by atoms with Crippen LogP contribution < -0.4 is 10.6 Å². The summed E-state index contributed by atoms with van der Waals surface area (Å²) in [6, 6.07) is 4.61. The van der Waals surface area contributed by atoms with Gasteiger partial charge in [0.1, 0.15) is 0 Å². The van der Waals surface area contributed by atoms with Crippen LogP contribution in [-0.2, 0) is 14.3 Å². The maximum atomic E-state index is 11.6. The number of carbonyl (C=O) groups is 2. The summed E-state index contributed by atoms with van der Waals surface area (Å²) in [6.45, 7) is 3.43. The predicted octanol–water partition coefficient (Wildman–Crippen LogP) is 2.47. The molecule has 1 rings (SSSR count). The smallest absolute Gasteiger partial charge is 0.313 e. The van der Waals surface area contributed by atoms with Crippen LogP contribution in [0.3, 0.4) is 0 Å². The molecule has 0 aromatic heterocycles. The van der Waals surface area contributed by atoms with Crippen molar-refractivity contribution in [3.05, 3.63) is 28.2 Å². The number of hydrogen-bond acceptors (Lipinski definition) is 3. The molecule has 0 aliphatic carbocycles. The molecule has 0 heterocycles. The Morgan fingerprint density at radius 2 is 2.00 bits per heavy atom. The molecule has 5 nitrogen and oxygen atoms in total. The van der Waals surface area contributed by atoms with Crippen molar-refractivity contribution < 1.29 is 14.3 Å². The number of carbonyl (C=O) groups excluding carboxylic acids is 2. The van der Waals surface area contributed by atoms with Gasteiger partial charge in [0.05, 0.1) is 10.7 Å². The molecule has 0 fully saturated rings. The average Bonchev–Trinajstić information content (AvgIpc) is 2.42. The highest BCUT2D eigenvalue weighted by Crippen LogP contribution is 2.25. The van der Waals surface area contributed by atoms with Crippen LogP contribution in [0, 0.1) is 0 Å². The van der Waals surface area contributed by atoms with E-state index >= 15 is 0 Å². The van der Waals surface area contributed by atoms with Crippen LogP contribution in [0.25, 0.3) is 0 Å². The zero-order valence-corrected chi connectivity index (χ0v) is 12.6. The van der Waals surface area contributed by atoms with Crippen LogP contribution in [0.2, 0.25) is 10.0 Å². The summed E-state index contributed by atoms with van der Waals surface area (Å²) in [6.07, 6.45) is 0.644. The molecule has 20 heavy (non-hydrogen) atoms. The van der Waals surface area contributed by atoms with E-state index in [1.807, 2.05) is 6.92 Å². The molecule has 2 N–H and O–H groups in total. The number of ether oxygens (including phenoxy) is 1. The van der Waals surface area contributed by atoms with E-state index in [9.17, 15) is 9.59 Å². The first-order chi connectivity index (χ1) is 9.54. The van der Waals surface area contributed by atoms with Gasteiger partial charge >= 0.3 is 11.8 Å². The van der Waals surface area contributed by atoms with Gasteiger partial charge in [0.15, 0.2) is 0 Å². The van der Waals surface area contributed by atoms with Crippen LogP contribution in [0.15, 0.2) is 18.2 Å². The average molecular weight is 319 g/mol. The summed E-state index contributed by atoms with van der Waals surface area (Å²) >= 11 is 11.7. The number of hydrogen-bond donors (Lipinski definition) is 2. The second-order valence-electron chi connectivity index (χ2n) is 3.88. The summed E-state index contributed by atoms with van der Waals surface area (Å²) in [5.74, 6) is -1.51. The number of anilines is 1. The van der Waals surface area contributed by atoms with E-state index in [1.165, 1.54) is 6.07 Å². The Balaban J connectivity index is 2.41. The first-order valence-corrected chi connectivity index (χ1v) is 6.92. The number of rotatable bonds is 6. The van der Waals surface area contributed by atoms with Gasteiger partial charge in [-0.15, -0.1) is 0 Å². The van der Waals surface area contributed by atoms with Crippen molar-refractivity contribution in [2.24, 2.45) is 0 Å². The van der Waals surface area contributed by atoms with E-state index in [4.69, 9.17) is 27.9 Å². The van der Waals surface area contributed by atoms with Gasteiger partial charge in [0.2, 0.25) is 0 Å². The molecule has 1 aromatic rings. The molecule has 110 valence electrons. The highest BCUT2D eigenvalue weighted by molar-refractivity contribution is 6.42. The largest absolute Gasteiger partial charge is 0.382 e. The second kappa shape index (κ2) is 8.79. The molecule has 0 saturated carbocycles. The number of nitrogens with one attached hydrogen (secondary N) is 2. The van der Waals surface area contributed by atoms with Crippen molar-refractivity contribution in [3.63, 3.8) is 0 Å². The fourth-order valence-electron chi connectivity index (χ4n) is 1.37. The first-order valence-electron chi connectivity index (χ1n) is 6.16. The van der Waals surface area contributed by atoms with Crippen molar-refractivity contribution in [1.82, 2.24) is 5.32 Å². The number of benzene rings is 1. The van der Waals surface area contributed by atoms with Crippen molar-refractivity contribution in [3.8, 4) is 0 Å². The van der Waals surface area contributed by atoms with Gasteiger partial charge in [-0.3, -0.25) is 9.59 Å². The zero-order valence-electron chi connectivity index (χ0n) is 11.0. The highest BCUT2D eigenvalue weighted by atomic mass is 35.5. The highest BCUT2D eigenvalue weighted by Gasteiger charge is 2.14. The monoisotopic (exact) mass is 318 g/mol. The molecular formula is C13H16Cl2N2O3. The van der Waals surface area contributed by atoms with Crippen molar-refractivity contribution >= 4 is 40.7 Å². The van der Waals surface area contributed by atoms with Crippen LogP contribution in [-0.4, -0.2) is 31.6 Å². The van der Waals surface area contributed by atoms with Gasteiger partial charge in [-0.2, -0.15) is 0 Å². The molecular weight excluding hydrogens is 303 g/mol.